The summed E-state index contributed by atoms with van der Waals surface area (Å²) in [7, 11) is 0. The Balaban J connectivity index is 2.20. The SMILES string of the molecule is CCOC(=O)c1nc(-c2cccc(F)c2)c(-c2ccc(=O)n(C(C)C)n2)s1. The molecule has 27 heavy (non-hydrogen) atoms. The van der Waals surface area contributed by atoms with Gasteiger partial charge in [0.2, 0.25) is 5.01 Å². The third-order valence-corrected chi connectivity index (χ3v) is 4.78. The summed E-state index contributed by atoms with van der Waals surface area (Å²) in [4.78, 5) is 29.1. The van der Waals surface area contributed by atoms with E-state index in [9.17, 15) is 14.0 Å². The van der Waals surface area contributed by atoms with Crippen LogP contribution in [0.15, 0.2) is 41.2 Å². The van der Waals surface area contributed by atoms with E-state index in [1.54, 1.807) is 25.1 Å². The quantitative estimate of drug-likeness (QED) is 0.620. The summed E-state index contributed by atoms with van der Waals surface area (Å²) in [6.07, 6.45) is 0. The van der Waals surface area contributed by atoms with Crippen molar-refractivity contribution in [2.75, 3.05) is 6.61 Å². The second kappa shape index (κ2) is 7.79. The lowest BCUT2D eigenvalue weighted by Gasteiger charge is -2.09. The van der Waals surface area contributed by atoms with Gasteiger partial charge in [-0.25, -0.2) is 18.9 Å². The first-order valence-electron chi connectivity index (χ1n) is 8.44. The molecule has 8 heteroatoms. The van der Waals surface area contributed by atoms with Crippen molar-refractivity contribution in [3.05, 3.63) is 57.6 Å². The molecule has 3 rings (SSSR count). The number of thiazole rings is 1. The van der Waals surface area contributed by atoms with Gasteiger partial charge in [0.05, 0.1) is 23.2 Å². The molecular formula is C19H18FN3O3S. The van der Waals surface area contributed by atoms with Crippen LogP contribution in [0.3, 0.4) is 0 Å². The van der Waals surface area contributed by atoms with Gasteiger partial charge in [-0.15, -0.1) is 11.3 Å². The van der Waals surface area contributed by atoms with Crippen molar-refractivity contribution >= 4 is 17.3 Å². The molecule has 0 unspecified atom stereocenters. The van der Waals surface area contributed by atoms with Crippen LogP contribution in [0, 0.1) is 5.82 Å². The first kappa shape index (κ1) is 18.9. The smallest absolute Gasteiger partial charge is 0.367 e. The van der Waals surface area contributed by atoms with Gasteiger partial charge in [-0.1, -0.05) is 12.1 Å². The largest absolute Gasteiger partial charge is 0.461 e. The zero-order chi connectivity index (χ0) is 19.6. The minimum atomic E-state index is -0.552. The highest BCUT2D eigenvalue weighted by Gasteiger charge is 2.22. The lowest BCUT2D eigenvalue weighted by molar-refractivity contribution is 0.0526. The van der Waals surface area contributed by atoms with Gasteiger partial charge in [-0.2, -0.15) is 5.10 Å². The Hall–Kier alpha value is -2.87. The minimum absolute atomic E-state index is 0.132. The number of hydrogen-bond donors (Lipinski definition) is 0. The fourth-order valence-corrected chi connectivity index (χ4v) is 3.47. The molecular weight excluding hydrogens is 369 g/mol. The molecule has 1 aromatic carbocycles. The number of hydrogen-bond acceptors (Lipinski definition) is 6. The van der Waals surface area contributed by atoms with Gasteiger partial charge in [0.25, 0.3) is 5.56 Å². The highest BCUT2D eigenvalue weighted by atomic mass is 32.1. The molecule has 0 aliphatic carbocycles. The molecule has 0 radical (unpaired) electrons. The summed E-state index contributed by atoms with van der Waals surface area (Å²) < 4.78 is 20.1. The molecule has 3 aromatic rings. The number of esters is 1. The summed E-state index contributed by atoms with van der Waals surface area (Å²) in [5, 5.41) is 4.55. The van der Waals surface area contributed by atoms with Crippen LogP contribution in [0.1, 0.15) is 36.6 Å². The van der Waals surface area contributed by atoms with Crippen LogP contribution in [0.5, 0.6) is 0 Å². The van der Waals surface area contributed by atoms with Crippen LogP contribution in [-0.4, -0.2) is 27.3 Å². The van der Waals surface area contributed by atoms with Crippen molar-refractivity contribution in [3.8, 4) is 21.8 Å². The van der Waals surface area contributed by atoms with Gasteiger partial charge in [0, 0.05) is 11.6 Å². The minimum Gasteiger partial charge on any atom is -0.461 e. The zero-order valence-corrected chi connectivity index (χ0v) is 15.9. The van der Waals surface area contributed by atoms with Crippen LogP contribution < -0.4 is 5.56 Å². The summed E-state index contributed by atoms with van der Waals surface area (Å²) in [6, 6.07) is 8.81. The van der Waals surface area contributed by atoms with E-state index >= 15 is 0 Å². The van der Waals surface area contributed by atoms with Gasteiger partial charge in [0.15, 0.2) is 0 Å². The van der Waals surface area contributed by atoms with E-state index in [2.05, 4.69) is 10.1 Å². The van der Waals surface area contributed by atoms with E-state index in [4.69, 9.17) is 4.74 Å². The first-order valence-corrected chi connectivity index (χ1v) is 9.26. The summed E-state index contributed by atoms with van der Waals surface area (Å²) in [5.74, 6) is -0.965. The van der Waals surface area contributed by atoms with Crippen LogP contribution in [0.25, 0.3) is 21.8 Å². The second-order valence-corrected chi connectivity index (χ2v) is 7.02. The second-order valence-electron chi connectivity index (χ2n) is 6.02. The summed E-state index contributed by atoms with van der Waals surface area (Å²) in [5.41, 5.74) is 1.19. The molecule has 0 bridgehead atoms. The molecule has 0 atom stereocenters. The Morgan fingerprint density at radius 3 is 2.74 bits per heavy atom. The first-order chi connectivity index (χ1) is 12.9. The number of halogens is 1. The standard InChI is InChI=1S/C19H18FN3O3S/c1-4-26-19(25)18-21-16(12-6-5-7-13(20)10-12)17(27-18)14-8-9-15(24)23(22-14)11(2)3/h5-11H,4H2,1-3H3. The van der Waals surface area contributed by atoms with Crippen LogP contribution in [-0.2, 0) is 4.74 Å². The van der Waals surface area contributed by atoms with E-state index in [-0.39, 0.29) is 23.2 Å². The van der Waals surface area contributed by atoms with Crippen molar-refractivity contribution in [1.29, 1.82) is 0 Å². The predicted molar refractivity (Wildman–Crippen MR) is 101 cm³/mol. The summed E-state index contributed by atoms with van der Waals surface area (Å²) in [6.45, 7) is 5.63. The zero-order valence-electron chi connectivity index (χ0n) is 15.1. The molecule has 0 amide bonds. The van der Waals surface area contributed by atoms with Gasteiger partial charge >= 0.3 is 5.97 Å². The van der Waals surface area contributed by atoms with Crippen LogP contribution in [0.4, 0.5) is 4.39 Å². The van der Waals surface area contributed by atoms with E-state index in [1.165, 1.54) is 22.9 Å². The van der Waals surface area contributed by atoms with Crippen molar-refractivity contribution < 1.29 is 13.9 Å². The van der Waals surface area contributed by atoms with Crippen molar-refractivity contribution in [1.82, 2.24) is 14.8 Å². The van der Waals surface area contributed by atoms with E-state index in [1.807, 2.05) is 13.8 Å². The molecule has 2 heterocycles. The Labute approximate surface area is 159 Å². The maximum atomic E-state index is 13.7. The van der Waals surface area contributed by atoms with Gasteiger partial charge in [-0.05, 0) is 39.0 Å². The molecule has 0 aliphatic heterocycles. The Bertz CT molecular complexity index is 1040. The molecule has 2 aromatic heterocycles. The highest BCUT2D eigenvalue weighted by molar-refractivity contribution is 7.17. The lowest BCUT2D eigenvalue weighted by atomic mass is 10.1. The maximum Gasteiger partial charge on any atom is 0.367 e. The highest BCUT2D eigenvalue weighted by Crippen LogP contribution is 2.36. The van der Waals surface area contributed by atoms with Gasteiger partial charge in [0.1, 0.15) is 11.5 Å². The normalized spacial score (nSPS) is 11.0. The number of carbonyl (C=O) groups excluding carboxylic acids is 1. The van der Waals surface area contributed by atoms with Crippen molar-refractivity contribution in [2.24, 2.45) is 0 Å². The number of carbonyl (C=O) groups is 1. The lowest BCUT2D eigenvalue weighted by Crippen LogP contribution is -2.23. The van der Waals surface area contributed by atoms with E-state index in [0.29, 0.717) is 21.8 Å². The number of ether oxygens (including phenoxy) is 1. The van der Waals surface area contributed by atoms with Crippen LogP contribution in [0.2, 0.25) is 0 Å². The fourth-order valence-electron chi connectivity index (χ4n) is 2.52. The average Bonchev–Trinajstić information content (AvgIpc) is 3.07. The fraction of sp³-hybridized carbons (Fsp3) is 0.263. The molecule has 0 saturated heterocycles. The number of aromatic nitrogens is 3. The average molecular weight is 387 g/mol. The monoisotopic (exact) mass is 387 g/mol. The Morgan fingerprint density at radius 1 is 1.30 bits per heavy atom. The van der Waals surface area contributed by atoms with Crippen LogP contribution >= 0.6 is 11.3 Å². The molecule has 140 valence electrons. The molecule has 0 N–H and O–H groups in total. The summed E-state index contributed by atoms with van der Waals surface area (Å²) >= 11 is 1.10. The van der Waals surface area contributed by atoms with Crippen molar-refractivity contribution in [2.45, 2.75) is 26.8 Å². The van der Waals surface area contributed by atoms with E-state index < -0.39 is 11.8 Å². The molecule has 0 spiro atoms. The Kier molecular flexibility index (Phi) is 5.46. The number of rotatable bonds is 5. The Morgan fingerprint density at radius 2 is 2.07 bits per heavy atom. The molecule has 0 aliphatic rings. The predicted octanol–water partition coefficient (Wildman–Crippen LogP) is 3.93. The van der Waals surface area contributed by atoms with Gasteiger partial charge in [-0.3, -0.25) is 4.79 Å². The molecule has 0 saturated carbocycles. The van der Waals surface area contributed by atoms with Gasteiger partial charge < -0.3 is 4.74 Å². The van der Waals surface area contributed by atoms with E-state index in [0.717, 1.165) is 11.3 Å². The number of nitrogens with zero attached hydrogens (tertiary/aromatic N) is 3. The third-order valence-electron chi connectivity index (χ3n) is 3.72. The third kappa shape index (κ3) is 3.95. The van der Waals surface area contributed by atoms with Crippen molar-refractivity contribution in [3.63, 3.8) is 0 Å². The maximum absolute atomic E-state index is 13.7. The molecule has 6 nitrogen and oxygen atoms in total. The number of benzene rings is 1. The topological polar surface area (TPSA) is 74.1 Å². The molecule has 0 fully saturated rings.